The van der Waals surface area contributed by atoms with Crippen molar-refractivity contribution in [2.75, 3.05) is 18.5 Å². The van der Waals surface area contributed by atoms with E-state index in [1.54, 1.807) is 6.20 Å². The number of ether oxygens (including phenoxy) is 2. The van der Waals surface area contributed by atoms with Crippen molar-refractivity contribution in [2.24, 2.45) is 5.41 Å². The van der Waals surface area contributed by atoms with Gasteiger partial charge in [-0.25, -0.2) is 9.97 Å². The van der Waals surface area contributed by atoms with Gasteiger partial charge in [-0.15, -0.1) is 0 Å². The molecule has 0 aromatic carbocycles. The molecule has 0 bridgehead atoms. The van der Waals surface area contributed by atoms with Crippen molar-refractivity contribution in [2.45, 2.75) is 46.6 Å². The Morgan fingerprint density at radius 3 is 2.83 bits per heavy atom. The molecule has 1 saturated heterocycles. The third-order valence-corrected chi connectivity index (χ3v) is 6.03. The zero-order chi connectivity index (χ0) is 25.5. The van der Waals surface area contributed by atoms with Crippen LogP contribution in [0.15, 0.2) is 84.3 Å². The fourth-order valence-electron chi connectivity index (χ4n) is 4.32. The van der Waals surface area contributed by atoms with E-state index in [0.717, 1.165) is 25.2 Å². The summed E-state index contributed by atoms with van der Waals surface area (Å²) in [5.74, 6) is 1.95. The molecule has 0 spiro atoms. The van der Waals surface area contributed by atoms with Crippen LogP contribution < -0.4 is 5.32 Å². The molecule has 2 aromatic rings. The minimum absolute atomic E-state index is 0.0998. The van der Waals surface area contributed by atoms with Crippen molar-refractivity contribution in [1.82, 2.24) is 15.0 Å². The molecule has 7 heteroatoms. The number of nitrogens with zero attached hydrogens (tertiary/aromatic N) is 2. The number of H-pyrrole nitrogens is 1. The lowest BCUT2D eigenvalue weighted by molar-refractivity contribution is 0.0875. The number of carbonyl (C=O) groups excluding carboxylic acids is 1. The van der Waals surface area contributed by atoms with Gasteiger partial charge in [0.2, 0.25) is 0 Å². The number of nitrogens with one attached hydrogen (secondary N) is 2. The highest BCUT2D eigenvalue weighted by Crippen LogP contribution is 2.32. The maximum atomic E-state index is 13.8. The number of carbonyl (C=O) groups is 1. The standard InChI is InChI=1S/C29H34N4O3/c1-5-7-8-11-22(6-2)36-23-13-12-20(15-29(3,4)16-23)26(34)24-17-30-27-25(24)28(32-19-31-27)33-21-10-9-14-35-18-21/h5-8,11-13,15-17,19,21H,9-10,14,18H2,1-4H3,(H2,30,31,32,33)/b7-5+,11-8-,22-6+. The van der Waals surface area contributed by atoms with Crippen molar-refractivity contribution >= 4 is 22.6 Å². The molecule has 1 atom stereocenters. The molecule has 1 unspecified atom stereocenters. The van der Waals surface area contributed by atoms with Crippen LogP contribution in [-0.2, 0) is 9.47 Å². The van der Waals surface area contributed by atoms with Crippen LogP contribution >= 0.6 is 0 Å². The molecular weight excluding hydrogens is 452 g/mol. The van der Waals surface area contributed by atoms with Crippen LogP contribution in [0.2, 0.25) is 0 Å². The Bertz CT molecular complexity index is 1280. The summed E-state index contributed by atoms with van der Waals surface area (Å²) in [5.41, 5.74) is 1.33. The van der Waals surface area contributed by atoms with Gasteiger partial charge in [-0.1, -0.05) is 38.2 Å². The second-order valence-electron chi connectivity index (χ2n) is 9.51. The summed E-state index contributed by atoms with van der Waals surface area (Å²) in [7, 11) is 0. The third-order valence-electron chi connectivity index (χ3n) is 6.03. The lowest BCUT2D eigenvalue weighted by atomic mass is 9.89. The van der Waals surface area contributed by atoms with Crippen molar-refractivity contribution in [1.29, 1.82) is 0 Å². The molecule has 2 aromatic heterocycles. The minimum atomic E-state index is -0.404. The maximum Gasteiger partial charge on any atom is 0.195 e. The number of fused-ring (bicyclic) bond motifs is 1. The Hall–Kier alpha value is -3.71. The Kier molecular flexibility index (Phi) is 8.00. The van der Waals surface area contributed by atoms with Crippen LogP contribution in [0.25, 0.3) is 11.0 Å². The normalized spacial score (nSPS) is 20.4. The summed E-state index contributed by atoms with van der Waals surface area (Å²) < 4.78 is 11.7. The quantitative estimate of drug-likeness (QED) is 0.263. The first kappa shape index (κ1) is 25.4. The fraction of sp³-hybridized carbons (Fsp3) is 0.345. The Morgan fingerprint density at radius 1 is 1.22 bits per heavy atom. The third kappa shape index (κ3) is 6.10. The number of Topliss-reactive ketones (excluding diaryl/α,β-unsaturated/α-hetero) is 1. The van der Waals surface area contributed by atoms with Crippen LogP contribution in [-0.4, -0.2) is 40.0 Å². The van der Waals surface area contributed by atoms with Crippen LogP contribution in [0.4, 0.5) is 5.82 Å². The van der Waals surface area contributed by atoms with E-state index in [2.05, 4.69) is 34.1 Å². The van der Waals surface area contributed by atoms with E-state index in [1.165, 1.54) is 6.33 Å². The number of anilines is 1. The monoisotopic (exact) mass is 486 g/mol. The van der Waals surface area contributed by atoms with Crippen LogP contribution in [0.3, 0.4) is 0 Å². The van der Waals surface area contributed by atoms with Crippen LogP contribution in [0.5, 0.6) is 0 Å². The van der Waals surface area contributed by atoms with Gasteiger partial charge in [-0.05, 0) is 57.1 Å². The molecule has 4 rings (SSSR count). The van der Waals surface area contributed by atoms with Crippen molar-refractivity contribution in [3.05, 3.63) is 89.9 Å². The van der Waals surface area contributed by atoms with E-state index in [4.69, 9.17) is 9.47 Å². The molecule has 1 aliphatic heterocycles. The molecule has 7 nitrogen and oxygen atoms in total. The maximum absolute atomic E-state index is 13.8. The van der Waals surface area contributed by atoms with E-state index in [-0.39, 0.29) is 11.8 Å². The van der Waals surface area contributed by atoms with Gasteiger partial charge in [0.25, 0.3) is 0 Å². The summed E-state index contributed by atoms with van der Waals surface area (Å²) in [5, 5.41) is 4.15. The second-order valence-corrected chi connectivity index (χ2v) is 9.51. The molecule has 2 aliphatic rings. The summed E-state index contributed by atoms with van der Waals surface area (Å²) in [6, 6.07) is 0.150. The summed E-state index contributed by atoms with van der Waals surface area (Å²) in [6.45, 7) is 9.40. The molecule has 0 radical (unpaired) electrons. The van der Waals surface area contributed by atoms with Gasteiger partial charge in [-0.3, -0.25) is 4.79 Å². The Balaban J connectivity index is 1.61. The molecule has 188 valence electrons. The number of aromatic nitrogens is 3. The number of ketones is 1. The van der Waals surface area contributed by atoms with Gasteiger partial charge < -0.3 is 19.8 Å². The lowest BCUT2D eigenvalue weighted by Crippen LogP contribution is -2.30. The highest BCUT2D eigenvalue weighted by Gasteiger charge is 2.25. The van der Waals surface area contributed by atoms with Crippen LogP contribution in [0, 0.1) is 5.41 Å². The number of hydrogen-bond donors (Lipinski definition) is 2. The van der Waals surface area contributed by atoms with Crippen molar-refractivity contribution < 1.29 is 14.3 Å². The fourth-order valence-corrected chi connectivity index (χ4v) is 4.32. The van der Waals surface area contributed by atoms with Gasteiger partial charge in [0, 0.05) is 23.8 Å². The predicted molar refractivity (Wildman–Crippen MR) is 144 cm³/mol. The first-order valence-corrected chi connectivity index (χ1v) is 12.4. The molecule has 36 heavy (non-hydrogen) atoms. The predicted octanol–water partition coefficient (Wildman–Crippen LogP) is 6.19. The van der Waals surface area contributed by atoms with Gasteiger partial charge in [0.1, 0.15) is 29.3 Å². The number of hydrogen-bond acceptors (Lipinski definition) is 6. The zero-order valence-electron chi connectivity index (χ0n) is 21.4. The first-order valence-electron chi connectivity index (χ1n) is 12.4. The molecule has 1 fully saturated rings. The highest BCUT2D eigenvalue weighted by molar-refractivity contribution is 6.19. The summed E-state index contributed by atoms with van der Waals surface area (Å²) in [6.07, 6.45) is 22.5. The smallest absolute Gasteiger partial charge is 0.195 e. The molecular formula is C29H34N4O3. The van der Waals surface area contributed by atoms with E-state index in [1.807, 2.05) is 68.5 Å². The second kappa shape index (κ2) is 11.4. The molecule has 1 aliphatic carbocycles. The summed E-state index contributed by atoms with van der Waals surface area (Å²) >= 11 is 0. The molecule has 0 amide bonds. The number of rotatable bonds is 8. The van der Waals surface area contributed by atoms with E-state index >= 15 is 0 Å². The average molecular weight is 487 g/mol. The van der Waals surface area contributed by atoms with Crippen molar-refractivity contribution in [3.63, 3.8) is 0 Å². The van der Waals surface area contributed by atoms with Gasteiger partial charge in [0.05, 0.1) is 23.6 Å². The van der Waals surface area contributed by atoms with Crippen molar-refractivity contribution in [3.8, 4) is 0 Å². The average Bonchev–Trinajstić information content (AvgIpc) is 3.24. The topological polar surface area (TPSA) is 89.1 Å². The number of aromatic amines is 1. The first-order chi connectivity index (χ1) is 17.4. The largest absolute Gasteiger partial charge is 0.458 e. The van der Waals surface area contributed by atoms with E-state index < -0.39 is 5.41 Å². The molecule has 0 saturated carbocycles. The van der Waals surface area contributed by atoms with E-state index in [9.17, 15) is 4.79 Å². The van der Waals surface area contributed by atoms with E-state index in [0.29, 0.717) is 40.4 Å². The Morgan fingerprint density at radius 2 is 2.08 bits per heavy atom. The molecule has 3 heterocycles. The summed E-state index contributed by atoms with van der Waals surface area (Å²) in [4.78, 5) is 25.7. The van der Waals surface area contributed by atoms with Gasteiger partial charge in [-0.2, -0.15) is 0 Å². The van der Waals surface area contributed by atoms with Crippen LogP contribution in [0.1, 0.15) is 50.9 Å². The van der Waals surface area contributed by atoms with Gasteiger partial charge in [0.15, 0.2) is 5.78 Å². The lowest BCUT2D eigenvalue weighted by Gasteiger charge is -2.24. The number of allylic oxidation sites excluding steroid dienone is 10. The highest BCUT2D eigenvalue weighted by atomic mass is 16.5. The van der Waals surface area contributed by atoms with Gasteiger partial charge >= 0.3 is 0 Å². The SMILES string of the molecule is C/C=C/C=C\C(=C/C)OC1=CC(C)(C)C=C(C(=O)c2c[nH]c3ncnc(NC4CCCOC4)c23)C=C1. The Labute approximate surface area is 212 Å². The minimum Gasteiger partial charge on any atom is -0.458 e. The zero-order valence-corrected chi connectivity index (χ0v) is 21.4. The molecule has 2 N–H and O–H groups in total.